The number of rotatable bonds is 10. The molecule has 1 N–H and O–H groups in total. The van der Waals surface area contributed by atoms with Gasteiger partial charge >= 0.3 is 0 Å². The molecule has 18 heavy (non-hydrogen) atoms. The Balaban J connectivity index is 2.12. The van der Waals surface area contributed by atoms with E-state index in [1.54, 1.807) is 0 Å². The minimum atomic E-state index is 0.904. The quantitative estimate of drug-likeness (QED) is 0.598. The highest BCUT2D eigenvalue weighted by Gasteiger charge is 2.16. The molecule has 1 aliphatic rings. The zero-order valence-electron chi connectivity index (χ0n) is 12.7. The van der Waals surface area contributed by atoms with Gasteiger partial charge in [-0.3, -0.25) is 0 Å². The van der Waals surface area contributed by atoms with Gasteiger partial charge in [-0.25, -0.2) is 0 Å². The van der Waals surface area contributed by atoms with Crippen molar-refractivity contribution in [2.75, 3.05) is 32.7 Å². The molecule has 2 heteroatoms. The molecule has 0 amide bonds. The lowest BCUT2D eigenvalue weighted by molar-refractivity contribution is 0.204. The molecule has 1 fully saturated rings. The fourth-order valence-corrected chi connectivity index (χ4v) is 2.99. The standard InChI is InChI=1S/C16H34N2/c1-3-5-6-7-8-13-18(12-4-2)15-16-10-9-11-17-14-16/h16-17H,3-15H2,1-2H3. The van der Waals surface area contributed by atoms with Crippen molar-refractivity contribution in [3.63, 3.8) is 0 Å². The van der Waals surface area contributed by atoms with Gasteiger partial charge in [-0.1, -0.05) is 39.5 Å². The first-order chi connectivity index (χ1) is 8.86. The van der Waals surface area contributed by atoms with E-state index in [2.05, 4.69) is 24.1 Å². The first-order valence-electron chi connectivity index (χ1n) is 8.29. The van der Waals surface area contributed by atoms with E-state index >= 15 is 0 Å². The van der Waals surface area contributed by atoms with Crippen LogP contribution in [-0.4, -0.2) is 37.6 Å². The van der Waals surface area contributed by atoms with Gasteiger partial charge in [-0.2, -0.15) is 0 Å². The summed E-state index contributed by atoms with van der Waals surface area (Å²) in [5.74, 6) is 0.904. The van der Waals surface area contributed by atoms with E-state index < -0.39 is 0 Å². The average Bonchev–Trinajstić information content (AvgIpc) is 2.40. The van der Waals surface area contributed by atoms with E-state index in [4.69, 9.17) is 0 Å². The van der Waals surface area contributed by atoms with Gasteiger partial charge in [0.25, 0.3) is 0 Å². The maximum absolute atomic E-state index is 3.54. The number of hydrogen-bond acceptors (Lipinski definition) is 2. The fourth-order valence-electron chi connectivity index (χ4n) is 2.99. The smallest absolute Gasteiger partial charge is 0.00218 e. The molecule has 1 unspecified atom stereocenters. The summed E-state index contributed by atoms with van der Waals surface area (Å²) in [5, 5.41) is 3.54. The Labute approximate surface area is 115 Å². The van der Waals surface area contributed by atoms with Gasteiger partial charge in [0.05, 0.1) is 0 Å². The molecule has 0 aromatic carbocycles. The molecule has 1 rings (SSSR count). The predicted molar refractivity (Wildman–Crippen MR) is 81.1 cm³/mol. The topological polar surface area (TPSA) is 15.3 Å². The monoisotopic (exact) mass is 254 g/mol. The van der Waals surface area contributed by atoms with Crippen molar-refractivity contribution in [1.82, 2.24) is 10.2 Å². The molecule has 1 aliphatic heterocycles. The van der Waals surface area contributed by atoms with Crippen molar-refractivity contribution < 1.29 is 0 Å². The summed E-state index contributed by atoms with van der Waals surface area (Å²) in [7, 11) is 0. The molecule has 0 radical (unpaired) electrons. The molecule has 0 spiro atoms. The second kappa shape index (κ2) is 10.8. The number of hydrogen-bond donors (Lipinski definition) is 1. The van der Waals surface area contributed by atoms with Crippen LogP contribution in [-0.2, 0) is 0 Å². The van der Waals surface area contributed by atoms with Gasteiger partial charge in [0.2, 0.25) is 0 Å². The Morgan fingerprint density at radius 1 is 1.00 bits per heavy atom. The van der Waals surface area contributed by atoms with Crippen molar-refractivity contribution in [3.05, 3.63) is 0 Å². The minimum absolute atomic E-state index is 0.904. The van der Waals surface area contributed by atoms with E-state index in [1.807, 2.05) is 0 Å². The lowest BCUT2D eigenvalue weighted by Gasteiger charge is -2.30. The van der Waals surface area contributed by atoms with Gasteiger partial charge in [0.15, 0.2) is 0 Å². The summed E-state index contributed by atoms with van der Waals surface area (Å²) in [6.45, 7) is 11.0. The average molecular weight is 254 g/mol. The van der Waals surface area contributed by atoms with Gasteiger partial charge < -0.3 is 10.2 Å². The van der Waals surface area contributed by atoms with E-state index in [0.29, 0.717) is 0 Å². The van der Waals surface area contributed by atoms with Crippen LogP contribution in [0.5, 0.6) is 0 Å². The molecular weight excluding hydrogens is 220 g/mol. The molecular formula is C16H34N2. The summed E-state index contributed by atoms with van der Waals surface area (Å²) >= 11 is 0. The summed E-state index contributed by atoms with van der Waals surface area (Å²) in [6, 6.07) is 0. The third-order valence-corrected chi connectivity index (χ3v) is 4.03. The maximum Gasteiger partial charge on any atom is 0.00218 e. The third kappa shape index (κ3) is 7.38. The highest BCUT2D eigenvalue weighted by Crippen LogP contribution is 2.13. The van der Waals surface area contributed by atoms with Crippen molar-refractivity contribution in [3.8, 4) is 0 Å². The van der Waals surface area contributed by atoms with Crippen LogP contribution in [0.25, 0.3) is 0 Å². The Hall–Kier alpha value is -0.0800. The van der Waals surface area contributed by atoms with Crippen LogP contribution >= 0.6 is 0 Å². The molecule has 1 atom stereocenters. The Morgan fingerprint density at radius 3 is 2.50 bits per heavy atom. The number of piperidine rings is 1. The number of nitrogens with zero attached hydrogens (tertiary/aromatic N) is 1. The predicted octanol–water partition coefficient (Wildman–Crippen LogP) is 3.67. The van der Waals surface area contributed by atoms with E-state index in [1.165, 1.54) is 84.1 Å². The van der Waals surface area contributed by atoms with Gasteiger partial charge in [0, 0.05) is 6.54 Å². The van der Waals surface area contributed by atoms with E-state index in [9.17, 15) is 0 Å². The molecule has 0 saturated carbocycles. The zero-order valence-corrected chi connectivity index (χ0v) is 12.7. The third-order valence-electron chi connectivity index (χ3n) is 4.03. The lowest BCUT2D eigenvalue weighted by atomic mass is 9.99. The molecule has 1 saturated heterocycles. The lowest BCUT2D eigenvalue weighted by Crippen LogP contribution is -2.39. The van der Waals surface area contributed by atoms with Crippen LogP contribution in [0.1, 0.15) is 65.2 Å². The van der Waals surface area contributed by atoms with E-state index in [0.717, 1.165) is 5.92 Å². The van der Waals surface area contributed by atoms with Gasteiger partial charge in [-0.15, -0.1) is 0 Å². The summed E-state index contributed by atoms with van der Waals surface area (Å²) in [5.41, 5.74) is 0. The van der Waals surface area contributed by atoms with Crippen LogP contribution in [0, 0.1) is 5.92 Å². The molecule has 108 valence electrons. The first kappa shape index (κ1) is 16.0. The highest BCUT2D eigenvalue weighted by molar-refractivity contribution is 4.73. The summed E-state index contributed by atoms with van der Waals surface area (Å²) < 4.78 is 0. The maximum atomic E-state index is 3.54. The van der Waals surface area contributed by atoms with Crippen LogP contribution in [0.2, 0.25) is 0 Å². The van der Waals surface area contributed by atoms with Crippen LogP contribution < -0.4 is 5.32 Å². The molecule has 0 bridgehead atoms. The highest BCUT2D eigenvalue weighted by atomic mass is 15.1. The summed E-state index contributed by atoms with van der Waals surface area (Å²) in [4.78, 5) is 2.71. The Bertz CT molecular complexity index is 176. The van der Waals surface area contributed by atoms with Crippen molar-refractivity contribution in [1.29, 1.82) is 0 Å². The van der Waals surface area contributed by atoms with Gasteiger partial charge in [-0.05, 0) is 57.8 Å². The van der Waals surface area contributed by atoms with E-state index in [-0.39, 0.29) is 0 Å². The molecule has 0 aromatic heterocycles. The minimum Gasteiger partial charge on any atom is -0.316 e. The molecule has 2 nitrogen and oxygen atoms in total. The van der Waals surface area contributed by atoms with Crippen molar-refractivity contribution >= 4 is 0 Å². The van der Waals surface area contributed by atoms with Crippen molar-refractivity contribution in [2.24, 2.45) is 5.92 Å². The Kier molecular flexibility index (Phi) is 9.59. The van der Waals surface area contributed by atoms with Crippen LogP contribution in [0.4, 0.5) is 0 Å². The van der Waals surface area contributed by atoms with Crippen LogP contribution in [0.15, 0.2) is 0 Å². The van der Waals surface area contributed by atoms with Crippen LogP contribution in [0.3, 0.4) is 0 Å². The molecule has 0 aromatic rings. The molecule has 0 aliphatic carbocycles. The SMILES string of the molecule is CCCCCCCN(CCC)CC1CCCNC1. The second-order valence-corrected chi connectivity index (χ2v) is 5.93. The zero-order chi connectivity index (χ0) is 13.1. The fraction of sp³-hybridized carbons (Fsp3) is 1.00. The number of unbranched alkanes of at least 4 members (excludes halogenated alkanes) is 4. The first-order valence-corrected chi connectivity index (χ1v) is 8.29. The number of nitrogens with one attached hydrogen (secondary N) is 1. The van der Waals surface area contributed by atoms with Gasteiger partial charge in [0.1, 0.15) is 0 Å². The van der Waals surface area contributed by atoms with Crippen molar-refractivity contribution in [2.45, 2.75) is 65.2 Å². The second-order valence-electron chi connectivity index (χ2n) is 5.93. The summed E-state index contributed by atoms with van der Waals surface area (Å²) in [6.07, 6.45) is 11.1. The largest absolute Gasteiger partial charge is 0.316 e. The normalized spacial score (nSPS) is 20.5. The molecule has 1 heterocycles. The Morgan fingerprint density at radius 2 is 1.83 bits per heavy atom.